The number of allylic oxidation sites excluding steroid dienone is 7. The zero-order valence-corrected chi connectivity index (χ0v) is 16.0. The second-order valence-electron chi connectivity index (χ2n) is 7.10. The van der Waals surface area contributed by atoms with Gasteiger partial charge in [-0.2, -0.15) is 0 Å². The molecule has 0 unspecified atom stereocenters. The molecule has 0 amide bonds. The lowest BCUT2D eigenvalue weighted by molar-refractivity contribution is -0.139. The maximum atomic E-state index is 10.7. The lowest BCUT2D eigenvalue weighted by Gasteiger charge is -2.31. The minimum Gasteiger partial charge on any atom is -0.462 e. The van der Waals surface area contributed by atoms with Crippen LogP contribution in [-0.4, -0.2) is 12.6 Å². The van der Waals surface area contributed by atoms with Crippen LogP contribution in [0.4, 0.5) is 0 Å². The molecule has 2 heteroatoms. The molecule has 0 bridgehead atoms. The molecule has 0 saturated heterocycles. The summed E-state index contributed by atoms with van der Waals surface area (Å²) < 4.78 is 4.88. The van der Waals surface area contributed by atoms with E-state index < -0.39 is 0 Å². The number of hydrogen-bond acceptors (Lipinski definition) is 2. The van der Waals surface area contributed by atoms with E-state index in [2.05, 4.69) is 32.6 Å². The van der Waals surface area contributed by atoms with Crippen LogP contribution in [0.5, 0.6) is 0 Å². The monoisotopic (exact) mass is 326 g/mol. The minimum absolute atomic E-state index is 0.196. The van der Waals surface area contributed by atoms with Crippen molar-refractivity contribution in [2.75, 3.05) is 6.61 Å². The van der Waals surface area contributed by atoms with E-state index in [-0.39, 0.29) is 11.4 Å². The maximum Gasteiger partial charge on any atom is 0.302 e. The van der Waals surface area contributed by atoms with Crippen molar-refractivity contribution in [1.82, 2.24) is 0 Å². The van der Waals surface area contributed by atoms with Crippen LogP contribution in [0, 0.1) is 17.3 Å². The summed E-state index contributed by atoms with van der Waals surface area (Å²) in [6.07, 6.45) is 11.5. The molecular formula is C22H30O2. The van der Waals surface area contributed by atoms with E-state index in [1.54, 1.807) is 0 Å². The summed E-state index contributed by atoms with van der Waals surface area (Å²) in [5, 5.41) is 0. The van der Waals surface area contributed by atoms with Crippen LogP contribution in [0.15, 0.2) is 46.6 Å². The Kier molecular flexibility index (Phi) is 7.79. The Bertz CT molecular complexity index is 643. The van der Waals surface area contributed by atoms with Gasteiger partial charge in [0.2, 0.25) is 0 Å². The Hall–Kier alpha value is -2.01. The third kappa shape index (κ3) is 7.04. The van der Waals surface area contributed by atoms with Gasteiger partial charge in [0.15, 0.2) is 0 Å². The van der Waals surface area contributed by atoms with Crippen molar-refractivity contribution in [3.05, 3.63) is 46.6 Å². The number of hydrogen-bond donors (Lipinski definition) is 0. The van der Waals surface area contributed by atoms with E-state index in [4.69, 9.17) is 4.74 Å². The van der Waals surface area contributed by atoms with Crippen LogP contribution in [0.25, 0.3) is 0 Å². The largest absolute Gasteiger partial charge is 0.462 e. The van der Waals surface area contributed by atoms with Gasteiger partial charge in [-0.1, -0.05) is 55.1 Å². The molecule has 0 spiro atoms. The fourth-order valence-electron chi connectivity index (χ4n) is 2.80. The first-order chi connectivity index (χ1) is 11.2. The Balaban J connectivity index is 2.72. The van der Waals surface area contributed by atoms with Crippen LogP contribution in [-0.2, 0) is 9.53 Å². The molecule has 0 atom stereocenters. The first-order valence-corrected chi connectivity index (χ1v) is 8.59. The Morgan fingerprint density at radius 3 is 2.62 bits per heavy atom. The van der Waals surface area contributed by atoms with Gasteiger partial charge in [0, 0.05) is 12.5 Å². The first-order valence-electron chi connectivity index (χ1n) is 8.59. The van der Waals surface area contributed by atoms with E-state index in [1.165, 1.54) is 37.3 Å². The van der Waals surface area contributed by atoms with Gasteiger partial charge in [-0.15, -0.1) is 0 Å². The van der Waals surface area contributed by atoms with Crippen molar-refractivity contribution >= 4 is 5.97 Å². The third-order valence-corrected chi connectivity index (χ3v) is 4.24. The second kappa shape index (κ2) is 9.33. The first kappa shape index (κ1) is 20.0. The van der Waals surface area contributed by atoms with Crippen LogP contribution >= 0.6 is 0 Å². The minimum atomic E-state index is -0.260. The fraction of sp³-hybridized carbons (Fsp3) is 0.500. The SMILES string of the molecule is CC(=O)OC/C=C(C)/C=C/C=C(\C)C#CC1=C(C)CCCC1(C)C. The molecule has 0 aromatic carbocycles. The molecule has 0 saturated carbocycles. The molecule has 0 aliphatic heterocycles. The van der Waals surface area contributed by atoms with Crippen molar-refractivity contribution in [3.63, 3.8) is 0 Å². The predicted octanol–water partition coefficient (Wildman–Crippen LogP) is 5.53. The summed E-state index contributed by atoms with van der Waals surface area (Å²) in [5.41, 5.74) is 5.04. The van der Waals surface area contributed by atoms with Crippen molar-refractivity contribution in [1.29, 1.82) is 0 Å². The van der Waals surface area contributed by atoms with Crippen LogP contribution < -0.4 is 0 Å². The zero-order chi connectivity index (χ0) is 18.2. The predicted molar refractivity (Wildman–Crippen MR) is 101 cm³/mol. The average Bonchev–Trinajstić information content (AvgIpc) is 2.45. The topological polar surface area (TPSA) is 26.3 Å². The van der Waals surface area contributed by atoms with Gasteiger partial charge >= 0.3 is 5.97 Å². The molecule has 0 fully saturated rings. The zero-order valence-electron chi connectivity index (χ0n) is 16.0. The molecule has 0 aromatic heterocycles. The van der Waals surface area contributed by atoms with Crippen molar-refractivity contribution < 1.29 is 9.53 Å². The molecule has 0 aromatic rings. The van der Waals surface area contributed by atoms with Gasteiger partial charge in [0.1, 0.15) is 6.61 Å². The van der Waals surface area contributed by atoms with E-state index >= 15 is 0 Å². The normalized spacial score (nSPS) is 18.4. The highest BCUT2D eigenvalue weighted by molar-refractivity contribution is 5.66. The third-order valence-electron chi connectivity index (χ3n) is 4.24. The summed E-state index contributed by atoms with van der Waals surface area (Å²) in [7, 11) is 0. The highest BCUT2D eigenvalue weighted by Crippen LogP contribution is 2.39. The highest BCUT2D eigenvalue weighted by Gasteiger charge is 2.27. The van der Waals surface area contributed by atoms with Gasteiger partial charge in [0.25, 0.3) is 0 Å². The number of rotatable bonds is 4. The Morgan fingerprint density at radius 2 is 2.00 bits per heavy atom. The molecule has 130 valence electrons. The van der Waals surface area contributed by atoms with Crippen molar-refractivity contribution in [2.24, 2.45) is 5.41 Å². The summed E-state index contributed by atoms with van der Waals surface area (Å²) >= 11 is 0. The molecule has 0 heterocycles. The lowest BCUT2D eigenvalue weighted by atomic mass is 9.73. The molecule has 24 heavy (non-hydrogen) atoms. The van der Waals surface area contributed by atoms with Crippen molar-refractivity contribution in [2.45, 2.75) is 60.8 Å². The van der Waals surface area contributed by atoms with E-state index in [0.717, 1.165) is 11.1 Å². The van der Waals surface area contributed by atoms with Gasteiger partial charge in [-0.3, -0.25) is 4.79 Å². The Labute approximate surface area is 147 Å². The van der Waals surface area contributed by atoms with Gasteiger partial charge in [0.05, 0.1) is 0 Å². The van der Waals surface area contributed by atoms with Crippen LogP contribution in [0.2, 0.25) is 0 Å². The van der Waals surface area contributed by atoms with E-state index in [1.807, 2.05) is 38.2 Å². The summed E-state index contributed by atoms with van der Waals surface area (Å²) in [6, 6.07) is 0. The van der Waals surface area contributed by atoms with Gasteiger partial charge < -0.3 is 4.74 Å². The number of ether oxygens (including phenoxy) is 1. The highest BCUT2D eigenvalue weighted by atomic mass is 16.5. The number of esters is 1. The Morgan fingerprint density at radius 1 is 1.29 bits per heavy atom. The molecule has 0 radical (unpaired) electrons. The molecule has 1 rings (SSSR count). The lowest BCUT2D eigenvalue weighted by Crippen LogP contribution is -2.19. The van der Waals surface area contributed by atoms with Gasteiger partial charge in [-0.25, -0.2) is 0 Å². The summed E-state index contributed by atoms with van der Waals surface area (Å²) in [6.45, 7) is 12.5. The number of carbonyl (C=O) groups is 1. The molecule has 0 N–H and O–H groups in total. The van der Waals surface area contributed by atoms with Gasteiger partial charge in [-0.05, 0) is 57.1 Å². The van der Waals surface area contributed by atoms with E-state index in [0.29, 0.717) is 6.61 Å². The van der Waals surface area contributed by atoms with Crippen LogP contribution in [0.1, 0.15) is 60.8 Å². The molecular weight excluding hydrogens is 296 g/mol. The smallest absolute Gasteiger partial charge is 0.302 e. The van der Waals surface area contributed by atoms with E-state index in [9.17, 15) is 4.79 Å². The second-order valence-corrected chi connectivity index (χ2v) is 7.10. The molecule has 1 aliphatic carbocycles. The summed E-state index contributed by atoms with van der Waals surface area (Å²) in [4.78, 5) is 10.7. The standard InChI is InChI=1S/C22H30O2/c1-17(9-7-10-18(2)14-16-24-20(4)23)12-13-21-19(3)11-8-15-22(21,5)6/h7,9-10,14H,8,11,15-16H2,1-6H3/b10-7+,17-9+,18-14+. The quantitative estimate of drug-likeness (QED) is 0.386. The maximum absolute atomic E-state index is 10.7. The fourth-order valence-corrected chi connectivity index (χ4v) is 2.80. The number of carbonyl (C=O) groups excluding carboxylic acids is 1. The summed E-state index contributed by atoms with van der Waals surface area (Å²) in [5.74, 6) is 6.43. The van der Waals surface area contributed by atoms with Crippen LogP contribution in [0.3, 0.4) is 0 Å². The molecule has 2 nitrogen and oxygen atoms in total. The molecule has 1 aliphatic rings. The van der Waals surface area contributed by atoms with Crippen molar-refractivity contribution in [3.8, 4) is 11.8 Å². The average molecular weight is 326 g/mol.